The van der Waals surface area contributed by atoms with Crippen LogP contribution in [0, 0.1) is 0 Å². The van der Waals surface area contributed by atoms with E-state index in [1.165, 1.54) is 0 Å². The van der Waals surface area contributed by atoms with Gasteiger partial charge in [-0.2, -0.15) is 0 Å². The SMILES string of the molecule is CN1CCCC1C(=O)NCCCC(=O)O. The van der Waals surface area contributed by atoms with E-state index in [0.717, 1.165) is 19.4 Å². The van der Waals surface area contributed by atoms with Crippen LogP contribution in [0.25, 0.3) is 0 Å². The van der Waals surface area contributed by atoms with E-state index in [9.17, 15) is 9.59 Å². The predicted octanol–water partition coefficient (Wildman–Crippen LogP) is 0.0616. The van der Waals surface area contributed by atoms with E-state index in [1.54, 1.807) is 0 Å². The summed E-state index contributed by atoms with van der Waals surface area (Å²) < 4.78 is 0. The fraction of sp³-hybridized carbons (Fsp3) is 0.800. The van der Waals surface area contributed by atoms with Crippen molar-refractivity contribution >= 4 is 11.9 Å². The van der Waals surface area contributed by atoms with Crippen LogP contribution in [0.15, 0.2) is 0 Å². The Morgan fingerprint density at radius 3 is 2.80 bits per heavy atom. The number of rotatable bonds is 5. The molecule has 0 aromatic carbocycles. The average Bonchev–Trinajstić information content (AvgIpc) is 2.58. The number of carboxylic acid groups (broad SMARTS) is 1. The lowest BCUT2D eigenvalue weighted by atomic mass is 10.2. The summed E-state index contributed by atoms with van der Waals surface area (Å²) in [7, 11) is 1.94. The number of nitrogens with zero attached hydrogens (tertiary/aromatic N) is 1. The van der Waals surface area contributed by atoms with E-state index >= 15 is 0 Å². The summed E-state index contributed by atoms with van der Waals surface area (Å²) in [6.07, 6.45) is 2.57. The van der Waals surface area contributed by atoms with Crippen LogP contribution in [0.5, 0.6) is 0 Å². The second-order valence-corrected chi connectivity index (χ2v) is 3.93. The number of likely N-dealkylation sites (N-methyl/N-ethyl adjacent to an activating group) is 1. The van der Waals surface area contributed by atoms with Crippen LogP contribution in [0.3, 0.4) is 0 Å². The fourth-order valence-electron chi connectivity index (χ4n) is 1.81. The van der Waals surface area contributed by atoms with Gasteiger partial charge < -0.3 is 10.4 Å². The third kappa shape index (κ3) is 3.87. The molecule has 0 spiro atoms. The number of hydrogen-bond donors (Lipinski definition) is 2. The normalized spacial score (nSPS) is 21.5. The molecular weight excluding hydrogens is 196 g/mol. The molecule has 1 fully saturated rings. The largest absolute Gasteiger partial charge is 0.481 e. The molecule has 0 radical (unpaired) electrons. The van der Waals surface area contributed by atoms with E-state index in [0.29, 0.717) is 13.0 Å². The van der Waals surface area contributed by atoms with Gasteiger partial charge in [-0.05, 0) is 32.9 Å². The van der Waals surface area contributed by atoms with Crippen LogP contribution in [0.1, 0.15) is 25.7 Å². The second kappa shape index (κ2) is 5.70. The van der Waals surface area contributed by atoms with Gasteiger partial charge in [-0.15, -0.1) is 0 Å². The van der Waals surface area contributed by atoms with Gasteiger partial charge in [-0.1, -0.05) is 0 Å². The number of carbonyl (C=O) groups excluding carboxylic acids is 1. The molecule has 2 N–H and O–H groups in total. The van der Waals surface area contributed by atoms with Crippen LogP contribution in [0.2, 0.25) is 0 Å². The molecule has 86 valence electrons. The van der Waals surface area contributed by atoms with Gasteiger partial charge in [-0.3, -0.25) is 14.5 Å². The van der Waals surface area contributed by atoms with Gasteiger partial charge in [0, 0.05) is 13.0 Å². The minimum atomic E-state index is -0.817. The topological polar surface area (TPSA) is 69.6 Å². The van der Waals surface area contributed by atoms with Crippen LogP contribution < -0.4 is 5.32 Å². The van der Waals surface area contributed by atoms with Crippen molar-refractivity contribution in [3.8, 4) is 0 Å². The smallest absolute Gasteiger partial charge is 0.303 e. The van der Waals surface area contributed by atoms with E-state index in [-0.39, 0.29) is 18.4 Å². The molecule has 1 unspecified atom stereocenters. The molecule has 0 aromatic heterocycles. The van der Waals surface area contributed by atoms with Gasteiger partial charge in [0.25, 0.3) is 0 Å². The molecular formula is C10H18N2O3. The number of carboxylic acids is 1. The van der Waals surface area contributed by atoms with Crippen LogP contribution >= 0.6 is 0 Å². The Hall–Kier alpha value is -1.10. The quantitative estimate of drug-likeness (QED) is 0.635. The summed E-state index contributed by atoms with van der Waals surface area (Å²) in [6, 6.07) is -0.0187. The van der Waals surface area contributed by atoms with E-state index in [4.69, 9.17) is 5.11 Å². The highest BCUT2D eigenvalue weighted by Crippen LogP contribution is 2.14. The zero-order valence-corrected chi connectivity index (χ0v) is 9.03. The molecule has 1 saturated heterocycles. The highest BCUT2D eigenvalue weighted by atomic mass is 16.4. The maximum atomic E-state index is 11.6. The first-order valence-electron chi connectivity index (χ1n) is 5.31. The summed E-state index contributed by atoms with van der Waals surface area (Å²) in [5.74, 6) is -0.789. The number of nitrogens with one attached hydrogen (secondary N) is 1. The molecule has 1 amide bonds. The summed E-state index contributed by atoms with van der Waals surface area (Å²) in [5, 5.41) is 11.2. The van der Waals surface area contributed by atoms with Crippen LogP contribution in [0.4, 0.5) is 0 Å². The highest BCUT2D eigenvalue weighted by molar-refractivity contribution is 5.82. The monoisotopic (exact) mass is 214 g/mol. The first-order valence-corrected chi connectivity index (χ1v) is 5.31. The molecule has 1 heterocycles. The molecule has 1 rings (SSSR count). The fourth-order valence-corrected chi connectivity index (χ4v) is 1.81. The van der Waals surface area contributed by atoms with Crippen molar-refractivity contribution in [2.75, 3.05) is 20.1 Å². The van der Waals surface area contributed by atoms with Gasteiger partial charge >= 0.3 is 5.97 Å². The Balaban J connectivity index is 2.15. The second-order valence-electron chi connectivity index (χ2n) is 3.93. The maximum absolute atomic E-state index is 11.6. The third-order valence-electron chi connectivity index (χ3n) is 2.69. The summed E-state index contributed by atoms with van der Waals surface area (Å²) in [5.41, 5.74) is 0. The number of amides is 1. The minimum Gasteiger partial charge on any atom is -0.481 e. The highest BCUT2D eigenvalue weighted by Gasteiger charge is 2.27. The molecule has 5 nitrogen and oxygen atoms in total. The number of carbonyl (C=O) groups is 2. The van der Waals surface area contributed by atoms with Gasteiger partial charge in [0.15, 0.2) is 0 Å². The summed E-state index contributed by atoms with van der Waals surface area (Å²) in [6.45, 7) is 1.42. The van der Waals surface area contributed by atoms with Gasteiger partial charge in [-0.25, -0.2) is 0 Å². The number of likely N-dealkylation sites (tertiary alicyclic amines) is 1. The van der Waals surface area contributed by atoms with Crippen molar-refractivity contribution in [2.45, 2.75) is 31.7 Å². The number of hydrogen-bond acceptors (Lipinski definition) is 3. The Morgan fingerprint density at radius 1 is 1.53 bits per heavy atom. The molecule has 0 bridgehead atoms. The van der Waals surface area contributed by atoms with Crippen LogP contribution in [-0.4, -0.2) is 48.1 Å². The van der Waals surface area contributed by atoms with Gasteiger partial charge in [0.05, 0.1) is 6.04 Å². The molecule has 15 heavy (non-hydrogen) atoms. The van der Waals surface area contributed by atoms with E-state index in [1.807, 2.05) is 11.9 Å². The van der Waals surface area contributed by atoms with Crippen molar-refractivity contribution in [1.82, 2.24) is 10.2 Å². The Bertz CT molecular complexity index is 243. The van der Waals surface area contributed by atoms with Gasteiger partial charge in [0.1, 0.15) is 0 Å². The minimum absolute atomic E-state index is 0.0187. The molecule has 0 aromatic rings. The van der Waals surface area contributed by atoms with Crippen molar-refractivity contribution < 1.29 is 14.7 Å². The predicted molar refractivity (Wildman–Crippen MR) is 55.5 cm³/mol. The first kappa shape index (κ1) is 12.0. The van der Waals surface area contributed by atoms with Crippen molar-refractivity contribution in [2.24, 2.45) is 0 Å². The zero-order valence-electron chi connectivity index (χ0n) is 9.03. The lowest BCUT2D eigenvalue weighted by Crippen LogP contribution is -2.41. The average molecular weight is 214 g/mol. The van der Waals surface area contributed by atoms with Crippen LogP contribution in [-0.2, 0) is 9.59 Å². The Morgan fingerprint density at radius 2 is 2.27 bits per heavy atom. The lowest BCUT2D eigenvalue weighted by molar-refractivity contribution is -0.137. The standard InChI is InChI=1S/C10H18N2O3/c1-12-7-3-4-8(12)10(15)11-6-2-5-9(13)14/h8H,2-7H2,1H3,(H,11,15)(H,13,14). The maximum Gasteiger partial charge on any atom is 0.303 e. The molecule has 1 aliphatic rings. The van der Waals surface area contributed by atoms with Crippen molar-refractivity contribution in [3.05, 3.63) is 0 Å². The molecule has 0 aliphatic carbocycles. The molecule has 5 heteroatoms. The molecule has 1 atom stereocenters. The Labute approximate surface area is 89.4 Å². The summed E-state index contributed by atoms with van der Waals surface area (Å²) in [4.78, 5) is 23.9. The van der Waals surface area contributed by atoms with E-state index in [2.05, 4.69) is 5.32 Å². The third-order valence-corrected chi connectivity index (χ3v) is 2.69. The molecule has 1 aliphatic heterocycles. The zero-order chi connectivity index (χ0) is 11.3. The van der Waals surface area contributed by atoms with Crippen molar-refractivity contribution in [3.63, 3.8) is 0 Å². The Kier molecular flexibility index (Phi) is 4.55. The lowest BCUT2D eigenvalue weighted by Gasteiger charge is -2.18. The van der Waals surface area contributed by atoms with Crippen molar-refractivity contribution in [1.29, 1.82) is 0 Å². The molecule has 0 saturated carbocycles. The number of aliphatic carboxylic acids is 1. The summed E-state index contributed by atoms with van der Waals surface area (Å²) >= 11 is 0. The van der Waals surface area contributed by atoms with Gasteiger partial charge in [0.2, 0.25) is 5.91 Å². The first-order chi connectivity index (χ1) is 7.11. The van der Waals surface area contributed by atoms with E-state index < -0.39 is 5.97 Å².